The molecule has 0 amide bonds. The molecular formula is C15H12ClNO. The van der Waals surface area contributed by atoms with Gasteiger partial charge in [-0.15, -0.1) is 0 Å². The van der Waals surface area contributed by atoms with Crippen molar-refractivity contribution in [3.63, 3.8) is 0 Å². The van der Waals surface area contributed by atoms with E-state index in [1.807, 2.05) is 54.6 Å². The summed E-state index contributed by atoms with van der Waals surface area (Å²) in [6.45, 7) is 0. The van der Waals surface area contributed by atoms with Gasteiger partial charge in [0.05, 0.1) is 6.04 Å². The van der Waals surface area contributed by atoms with Crippen LogP contribution in [0.2, 0.25) is 5.02 Å². The molecule has 0 heterocycles. The summed E-state index contributed by atoms with van der Waals surface area (Å²) in [6.07, 6.45) is 2.31. The van der Waals surface area contributed by atoms with E-state index in [9.17, 15) is 4.79 Å². The average Bonchev–Trinajstić information content (AvgIpc) is 2.42. The van der Waals surface area contributed by atoms with Gasteiger partial charge in [-0.1, -0.05) is 54.1 Å². The number of halogens is 1. The number of nitrogens with zero attached hydrogens (tertiary/aromatic N) is 1. The third-order valence-corrected chi connectivity index (χ3v) is 2.99. The smallest absolute Gasteiger partial charge is 0.211 e. The highest BCUT2D eigenvalue weighted by Crippen LogP contribution is 2.22. The van der Waals surface area contributed by atoms with Crippen molar-refractivity contribution in [3.05, 3.63) is 70.7 Å². The molecule has 2 nitrogen and oxygen atoms in total. The molecule has 0 aliphatic carbocycles. The highest BCUT2D eigenvalue weighted by molar-refractivity contribution is 6.30. The molecule has 0 aliphatic rings. The first-order valence-corrected chi connectivity index (χ1v) is 6.04. The zero-order chi connectivity index (χ0) is 12.8. The van der Waals surface area contributed by atoms with Crippen LogP contribution in [0.3, 0.4) is 0 Å². The lowest BCUT2D eigenvalue weighted by Crippen LogP contribution is -1.99. The summed E-state index contributed by atoms with van der Waals surface area (Å²) in [4.78, 5) is 14.4. The monoisotopic (exact) mass is 257 g/mol. The van der Waals surface area contributed by atoms with Crippen LogP contribution in [-0.2, 0) is 11.2 Å². The molecule has 2 rings (SSSR count). The Bertz CT molecular complexity index is 544. The second-order valence-corrected chi connectivity index (χ2v) is 4.41. The summed E-state index contributed by atoms with van der Waals surface area (Å²) in [5.74, 6) is 0. The van der Waals surface area contributed by atoms with Gasteiger partial charge in [-0.05, 0) is 29.7 Å². The number of rotatable bonds is 4. The summed E-state index contributed by atoms with van der Waals surface area (Å²) in [5.41, 5.74) is 2.10. The molecule has 1 atom stereocenters. The van der Waals surface area contributed by atoms with Crippen LogP contribution in [0.4, 0.5) is 0 Å². The third kappa shape index (κ3) is 3.30. The number of carbonyl (C=O) groups excluding carboxylic acids is 1. The largest absolute Gasteiger partial charge is 0.235 e. The minimum absolute atomic E-state index is 0.190. The van der Waals surface area contributed by atoms with E-state index >= 15 is 0 Å². The van der Waals surface area contributed by atoms with E-state index in [0.717, 1.165) is 11.1 Å². The van der Waals surface area contributed by atoms with E-state index in [0.29, 0.717) is 11.4 Å². The first-order valence-electron chi connectivity index (χ1n) is 5.66. The second-order valence-electron chi connectivity index (χ2n) is 3.98. The fourth-order valence-electron chi connectivity index (χ4n) is 1.82. The van der Waals surface area contributed by atoms with E-state index in [2.05, 4.69) is 4.99 Å². The fraction of sp³-hybridized carbons (Fsp3) is 0.133. The molecule has 2 aromatic carbocycles. The Morgan fingerprint density at radius 1 is 1.06 bits per heavy atom. The second kappa shape index (κ2) is 6.15. The predicted molar refractivity (Wildman–Crippen MR) is 72.5 cm³/mol. The molecule has 0 spiro atoms. The Morgan fingerprint density at radius 3 is 2.33 bits per heavy atom. The van der Waals surface area contributed by atoms with Gasteiger partial charge in [0, 0.05) is 5.02 Å². The van der Waals surface area contributed by atoms with Crippen LogP contribution < -0.4 is 0 Å². The molecule has 0 aromatic heterocycles. The maximum atomic E-state index is 10.5. The van der Waals surface area contributed by atoms with Gasteiger partial charge >= 0.3 is 0 Å². The Kier molecular flexibility index (Phi) is 4.30. The number of aliphatic imine (C=N–C) groups is 1. The summed E-state index contributed by atoms with van der Waals surface area (Å²) >= 11 is 5.84. The zero-order valence-corrected chi connectivity index (χ0v) is 10.5. The number of hydrogen-bond acceptors (Lipinski definition) is 2. The molecule has 2 aromatic rings. The van der Waals surface area contributed by atoms with E-state index in [-0.39, 0.29) is 6.04 Å². The number of isocyanates is 1. The van der Waals surface area contributed by atoms with Gasteiger partial charge in [0.1, 0.15) is 0 Å². The van der Waals surface area contributed by atoms with E-state index in [4.69, 9.17) is 11.6 Å². The highest BCUT2D eigenvalue weighted by atomic mass is 35.5. The van der Waals surface area contributed by atoms with Gasteiger partial charge in [0.15, 0.2) is 0 Å². The fourth-order valence-corrected chi connectivity index (χ4v) is 1.95. The molecule has 0 radical (unpaired) electrons. The normalized spacial score (nSPS) is 11.6. The van der Waals surface area contributed by atoms with Crippen LogP contribution in [0, 0.1) is 0 Å². The van der Waals surface area contributed by atoms with Crippen molar-refractivity contribution in [1.82, 2.24) is 0 Å². The molecular weight excluding hydrogens is 246 g/mol. The predicted octanol–water partition coefficient (Wildman–Crippen LogP) is 3.96. The quantitative estimate of drug-likeness (QED) is 0.602. The summed E-state index contributed by atoms with van der Waals surface area (Å²) in [5, 5.41) is 0.703. The Hall–Kier alpha value is -1.89. The van der Waals surface area contributed by atoms with Crippen LogP contribution in [-0.4, -0.2) is 6.08 Å². The van der Waals surface area contributed by atoms with Gasteiger partial charge < -0.3 is 0 Å². The van der Waals surface area contributed by atoms with Crippen LogP contribution in [0.5, 0.6) is 0 Å². The first kappa shape index (κ1) is 12.6. The molecule has 0 fully saturated rings. The molecule has 90 valence electrons. The van der Waals surface area contributed by atoms with Crippen LogP contribution in [0.15, 0.2) is 59.6 Å². The van der Waals surface area contributed by atoms with Gasteiger partial charge in [-0.3, -0.25) is 0 Å². The van der Waals surface area contributed by atoms with Crippen molar-refractivity contribution < 1.29 is 4.79 Å². The summed E-state index contributed by atoms with van der Waals surface area (Å²) < 4.78 is 0. The maximum Gasteiger partial charge on any atom is 0.235 e. The van der Waals surface area contributed by atoms with Gasteiger partial charge in [-0.25, -0.2) is 4.79 Å². The summed E-state index contributed by atoms with van der Waals surface area (Å²) in [7, 11) is 0. The average molecular weight is 258 g/mol. The first-order chi connectivity index (χ1) is 8.79. The van der Waals surface area contributed by atoms with Crippen molar-refractivity contribution in [2.45, 2.75) is 12.5 Å². The SMILES string of the molecule is O=C=NC(Cc1ccc(Cl)cc1)c1ccccc1. The Labute approximate surface area is 111 Å². The van der Waals surface area contributed by atoms with Gasteiger partial charge in [-0.2, -0.15) is 4.99 Å². The molecule has 0 saturated carbocycles. The molecule has 1 unspecified atom stereocenters. The number of benzene rings is 2. The van der Waals surface area contributed by atoms with Gasteiger partial charge in [0.2, 0.25) is 6.08 Å². The van der Waals surface area contributed by atoms with E-state index in [1.54, 1.807) is 6.08 Å². The zero-order valence-electron chi connectivity index (χ0n) is 9.71. The number of hydrogen-bond donors (Lipinski definition) is 0. The van der Waals surface area contributed by atoms with Gasteiger partial charge in [0.25, 0.3) is 0 Å². The lowest BCUT2D eigenvalue weighted by atomic mass is 9.99. The van der Waals surface area contributed by atoms with Crippen molar-refractivity contribution in [2.75, 3.05) is 0 Å². The van der Waals surface area contributed by atoms with E-state index < -0.39 is 0 Å². The minimum atomic E-state index is -0.190. The van der Waals surface area contributed by atoms with Crippen LogP contribution >= 0.6 is 11.6 Å². The lowest BCUT2D eigenvalue weighted by molar-refractivity contribution is 0.557. The summed E-state index contributed by atoms with van der Waals surface area (Å²) in [6, 6.07) is 17.1. The molecule has 18 heavy (non-hydrogen) atoms. The molecule has 0 bridgehead atoms. The van der Waals surface area contributed by atoms with E-state index in [1.165, 1.54) is 0 Å². The van der Waals surface area contributed by atoms with Crippen LogP contribution in [0.25, 0.3) is 0 Å². The minimum Gasteiger partial charge on any atom is -0.211 e. The van der Waals surface area contributed by atoms with Crippen molar-refractivity contribution in [3.8, 4) is 0 Å². The maximum absolute atomic E-state index is 10.5. The topological polar surface area (TPSA) is 29.4 Å². The Morgan fingerprint density at radius 2 is 1.72 bits per heavy atom. The van der Waals surface area contributed by atoms with Crippen LogP contribution in [0.1, 0.15) is 17.2 Å². The standard InChI is InChI=1S/C15H12ClNO/c16-14-8-6-12(7-9-14)10-15(17-11-18)13-4-2-1-3-5-13/h1-9,15H,10H2. The van der Waals surface area contributed by atoms with Crippen molar-refractivity contribution in [2.24, 2.45) is 4.99 Å². The molecule has 3 heteroatoms. The van der Waals surface area contributed by atoms with Crippen molar-refractivity contribution >= 4 is 17.7 Å². The highest BCUT2D eigenvalue weighted by Gasteiger charge is 2.10. The molecule has 0 aliphatic heterocycles. The van der Waals surface area contributed by atoms with Crippen molar-refractivity contribution in [1.29, 1.82) is 0 Å². The molecule has 0 saturated heterocycles. The lowest BCUT2D eigenvalue weighted by Gasteiger charge is -2.11. The Balaban J connectivity index is 2.22. The molecule has 0 N–H and O–H groups in total. The third-order valence-electron chi connectivity index (χ3n) is 2.74.